The average molecular weight is 237 g/mol. The van der Waals surface area contributed by atoms with Crippen LogP contribution in [0.5, 0.6) is 0 Å². The summed E-state index contributed by atoms with van der Waals surface area (Å²) in [5, 5.41) is 3.63. The first-order valence-corrected chi connectivity index (χ1v) is 6.86. The van der Waals surface area contributed by atoms with Gasteiger partial charge >= 0.3 is 0 Å². The third kappa shape index (κ3) is 6.52. The summed E-state index contributed by atoms with van der Waals surface area (Å²) in [5.41, 5.74) is 0. The van der Waals surface area contributed by atoms with E-state index in [2.05, 4.69) is 33.0 Å². The molecule has 2 unspecified atom stereocenters. The van der Waals surface area contributed by atoms with Crippen molar-refractivity contribution in [1.29, 1.82) is 0 Å². The van der Waals surface area contributed by atoms with Gasteiger partial charge in [-0.3, -0.25) is 0 Å². The van der Waals surface area contributed by atoms with Crippen LogP contribution in [-0.2, 0) is 6.42 Å². The van der Waals surface area contributed by atoms with Crippen LogP contribution < -0.4 is 5.32 Å². The van der Waals surface area contributed by atoms with Crippen LogP contribution in [0.1, 0.15) is 52.7 Å². The predicted molar refractivity (Wildman–Crippen MR) is 73.2 cm³/mol. The summed E-state index contributed by atoms with van der Waals surface area (Å²) in [7, 11) is 0. The van der Waals surface area contributed by atoms with Crippen molar-refractivity contribution in [2.75, 3.05) is 0 Å². The molecular weight excluding hydrogens is 210 g/mol. The average Bonchev–Trinajstić information content (AvgIpc) is 2.69. The highest BCUT2D eigenvalue weighted by molar-refractivity contribution is 5.00. The van der Waals surface area contributed by atoms with Crippen molar-refractivity contribution in [3.05, 3.63) is 24.2 Å². The number of rotatable bonds is 8. The SMILES string of the molecule is CC(C)CCCC(C)NC(C)Cc1ccco1. The fraction of sp³-hybridized carbons (Fsp3) is 0.733. The van der Waals surface area contributed by atoms with E-state index in [0.717, 1.165) is 18.1 Å². The van der Waals surface area contributed by atoms with E-state index >= 15 is 0 Å². The standard InChI is InChI=1S/C15H27NO/c1-12(2)7-5-8-13(3)16-14(4)11-15-9-6-10-17-15/h6,9-10,12-14,16H,5,7-8,11H2,1-4H3. The van der Waals surface area contributed by atoms with Gasteiger partial charge < -0.3 is 9.73 Å². The van der Waals surface area contributed by atoms with E-state index in [-0.39, 0.29) is 0 Å². The van der Waals surface area contributed by atoms with E-state index in [1.54, 1.807) is 6.26 Å². The first kappa shape index (κ1) is 14.3. The molecule has 1 heterocycles. The first-order chi connectivity index (χ1) is 8.08. The lowest BCUT2D eigenvalue weighted by Crippen LogP contribution is -2.35. The van der Waals surface area contributed by atoms with Crippen LogP contribution in [0.2, 0.25) is 0 Å². The monoisotopic (exact) mass is 237 g/mol. The molecule has 0 aliphatic rings. The molecule has 0 spiro atoms. The molecule has 0 saturated heterocycles. The molecule has 0 aromatic carbocycles. The van der Waals surface area contributed by atoms with E-state index < -0.39 is 0 Å². The minimum Gasteiger partial charge on any atom is -0.469 e. The van der Waals surface area contributed by atoms with Gasteiger partial charge in [0.25, 0.3) is 0 Å². The van der Waals surface area contributed by atoms with Crippen LogP contribution in [0, 0.1) is 5.92 Å². The van der Waals surface area contributed by atoms with E-state index in [1.165, 1.54) is 19.3 Å². The minimum atomic E-state index is 0.482. The quantitative estimate of drug-likeness (QED) is 0.739. The van der Waals surface area contributed by atoms with E-state index in [0.29, 0.717) is 12.1 Å². The zero-order valence-electron chi connectivity index (χ0n) is 11.7. The summed E-state index contributed by atoms with van der Waals surface area (Å²) in [6, 6.07) is 5.07. The van der Waals surface area contributed by atoms with Gasteiger partial charge in [-0.05, 0) is 38.3 Å². The number of nitrogens with one attached hydrogen (secondary N) is 1. The van der Waals surface area contributed by atoms with Crippen LogP contribution in [0.3, 0.4) is 0 Å². The zero-order chi connectivity index (χ0) is 12.7. The van der Waals surface area contributed by atoms with Crippen molar-refractivity contribution >= 4 is 0 Å². The summed E-state index contributed by atoms with van der Waals surface area (Å²) in [5.74, 6) is 1.89. The normalized spacial score (nSPS) is 15.1. The van der Waals surface area contributed by atoms with Gasteiger partial charge in [-0.15, -0.1) is 0 Å². The summed E-state index contributed by atoms with van der Waals surface area (Å²) >= 11 is 0. The maximum Gasteiger partial charge on any atom is 0.105 e. The molecule has 98 valence electrons. The van der Waals surface area contributed by atoms with Crippen LogP contribution in [0.4, 0.5) is 0 Å². The highest BCUT2D eigenvalue weighted by Crippen LogP contribution is 2.10. The Morgan fingerprint density at radius 2 is 1.88 bits per heavy atom. The van der Waals surface area contributed by atoms with Crippen molar-refractivity contribution < 1.29 is 4.42 Å². The zero-order valence-corrected chi connectivity index (χ0v) is 11.7. The highest BCUT2D eigenvalue weighted by atomic mass is 16.3. The third-order valence-electron chi connectivity index (χ3n) is 3.08. The van der Waals surface area contributed by atoms with Crippen molar-refractivity contribution in [2.45, 2.75) is 65.5 Å². The molecule has 0 fully saturated rings. The molecule has 1 N–H and O–H groups in total. The Labute approximate surface area is 106 Å². The van der Waals surface area contributed by atoms with Gasteiger partial charge in [-0.25, -0.2) is 0 Å². The number of hydrogen-bond acceptors (Lipinski definition) is 2. The van der Waals surface area contributed by atoms with Crippen molar-refractivity contribution in [3.63, 3.8) is 0 Å². The lowest BCUT2D eigenvalue weighted by molar-refractivity contribution is 0.396. The lowest BCUT2D eigenvalue weighted by atomic mass is 10.0. The Balaban J connectivity index is 2.14. The van der Waals surface area contributed by atoms with Crippen LogP contribution in [-0.4, -0.2) is 12.1 Å². The molecule has 2 atom stereocenters. The molecule has 0 aliphatic heterocycles. The molecule has 0 amide bonds. The summed E-state index contributed by atoms with van der Waals surface area (Å²) in [6.07, 6.45) is 6.63. The highest BCUT2D eigenvalue weighted by Gasteiger charge is 2.09. The van der Waals surface area contributed by atoms with Crippen LogP contribution >= 0.6 is 0 Å². The Morgan fingerprint density at radius 1 is 1.12 bits per heavy atom. The second-order valence-electron chi connectivity index (χ2n) is 5.58. The van der Waals surface area contributed by atoms with Gasteiger partial charge in [0.15, 0.2) is 0 Å². The summed E-state index contributed by atoms with van der Waals surface area (Å²) in [6.45, 7) is 9.08. The van der Waals surface area contributed by atoms with E-state index in [4.69, 9.17) is 4.42 Å². The van der Waals surface area contributed by atoms with Gasteiger partial charge in [0.2, 0.25) is 0 Å². The van der Waals surface area contributed by atoms with E-state index in [1.807, 2.05) is 12.1 Å². The molecule has 0 saturated carbocycles. The predicted octanol–water partition coefficient (Wildman–Crippen LogP) is 4.02. The molecule has 2 heteroatoms. The van der Waals surface area contributed by atoms with Gasteiger partial charge in [0.1, 0.15) is 5.76 Å². The van der Waals surface area contributed by atoms with Gasteiger partial charge in [-0.1, -0.05) is 26.7 Å². The Kier molecular flexibility index (Phi) is 6.35. The van der Waals surface area contributed by atoms with Gasteiger partial charge in [-0.2, -0.15) is 0 Å². The molecule has 0 bridgehead atoms. The van der Waals surface area contributed by atoms with Crippen molar-refractivity contribution in [1.82, 2.24) is 5.32 Å². The fourth-order valence-electron chi connectivity index (χ4n) is 2.19. The largest absolute Gasteiger partial charge is 0.469 e. The first-order valence-electron chi connectivity index (χ1n) is 6.86. The molecule has 0 aliphatic carbocycles. The number of hydrogen-bond donors (Lipinski definition) is 1. The second kappa shape index (κ2) is 7.54. The summed E-state index contributed by atoms with van der Waals surface area (Å²) < 4.78 is 5.36. The minimum absolute atomic E-state index is 0.482. The Hall–Kier alpha value is -0.760. The smallest absolute Gasteiger partial charge is 0.105 e. The molecule has 1 aromatic rings. The topological polar surface area (TPSA) is 25.2 Å². The van der Waals surface area contributed by atoms with Gasteiger partial charge in [0.05, 0.1) is 6.26 Å². The maximum atomic E-state index is 5.36. The van der Waals surface area contributed by atoms with Crippen LogP contribution in [0.25, 0.3) is 0 Å². The van der Waals surface area contributed by atoms with Crippen molar-refractivity contribution in [3.8, 4) is 0 Å². The lowest BCUT2D eigenvalue weighted by Gasteiger charge is -2.19. The number of furan rings is 1. The molecular formula is C15H27NO. The third-order valence-corrected chi connectivity index (χ3v) is 3.08. The Morgan fingerprint density at radius 3 is 2.47 bits per heavy atom. The molecule has 2 nitrogen and oxygen atoms in total. The van der Waals surface area contributed by atoms with E-state index in [9.17, 15) is 0 Å². The van der Waals surface area contributed by atoms with Crippen molar-refractivity contribution in [2.24, 2.45) is 5.92 Å². The molecule has 17 heavy (non-hydrogen) atoms. The van der Waals surface area contributed by atoms with Gasteiger partial charge in [0, 0.05) is 18.5 Å². The van der Waals surface area contributed by atoms with Crippen LogP contribution in [0.15, 0.2) is 22.8 Å². The molecule has 1 rings (SSSR count). The second-order valence-corrected chi connectivity index (χ2v) is 5.58. The molecule has 1 aromatic heterocycles. The molecule has 0 radical (unpaired) electrons. The fourth-order valence-corrected chi connectivity index (χ4v) is 2.19. The summed E-state index contributed by atoms with van der Waals surface area (Å²) in [4.78, 5) is 0. The maximum absolute atomic E-state index is 5.36. The Bertz CT molecular complexity index is 279.